The van der Waals surface area contributed by atoms with E-state index in [9.17, 15) is 14.7 Å². The molecule has 2 N–H and O–H groups in total. The Hall–Kier alpha value is -4.59. The minimum absolute atomic E-state index is 0.117. The summed E-state index contributed by atoms with van der Waals surface area (Å²) < 4.78 is 5.19. The Balaban J connectivity index is 1.67. The van der Waals surface area contributed by atoms with E-state index < -0.39 is 17.9 Å². The van der Waals surface area contributed by atoms with Crippen molar-refractivity contribution in [2.24, 2.45) is 0 Å². The van der Waals surface area contributed by atoms with E-state index in [2.05, 4.69) is 20.3 Å². The molecular weight excluding hydrogens is 444 g/mol. The molecule has 176 valence electrons. The maximum absolute atomic E-state index is 13.3. The molecule has 35 heavy (non-hydrogen) atoms. The lowest BCUT2D eigenvalue weighted by Gasteiger charge is -2.18. The van der Waals surface area contributed by atoms with Gasteiger partial charge in [0, 0.05) is 24.4 Å². The van der Waals surface area contributed by atoms with E-state index in [1.54, 1.807) is 67.8 Å². The molecule has 0 bridgehead atoms. The first-order valence-electron chi connectivity index (χ1n) is 11.1. The van der Waals surface area contributed by atoms with E-state index in [1.165, 1.54) is 12.1 Å². The van der Waals surface area contributed by atoms with Crippen LogP contribution >= 0.6 is 0 Å². The fourth-order valence-electron chi connectivity index (χ4n) is 3.50. The fourth-order valence-corrected chi connectivity index (χ4v) is 3.50. The summed E-state index contributed by atoms with van der Waals surface area (Å²) in [5, 5.41) is 12.3. The zero-order valence-corrected chi connectivity index (χ0v) is 19.1. The van der Waals surface area contributed by atoms with E-state index in [0.29, 0.717) is 28.3 Å². The van der Waals surface area contributed by atoms with Crippen molar-refractivity contribution in [1.29, 1.82) is 0 Å². The number of aromatic nitrogens is 3. The average molecular weight is 469 g/mol. The number of carbonyl (C=O) groups excluding carboxylic acids is 2. The molecule has 1 amide bonds. The molecule has 1 unspecified atom stereocenters. The number of pyridine rings is 3. The van der Waals surface area contributed by atoms with Crippen molar-refractivity contribution in [2.45, 2.75) is 19.4 Å². The van der Waals surface area contributed by atoms with Crippen molar-refractivity contribution in [3.63, 3.8) is 0 Å². The molecule has 8 heteroatoms. The highest BCUT2D eigenvalue weighted by Crippen LogP contribution is 2.23. The number of esters is 1. The van der Waals surface area contributed by atoms with E-state index in [4.69, 9.17) is 4.74 Å². The van der Waals surface area contributed by atoms with Gasteiger partial charge >= 0.3 is 5.97 Å². The van der Waals surface area contributed by atoms with Crippen molar-refractivity contribution in [1.82, 2.24) is 20.3 Å². The first-order chi connectivity index (χ1) is 17.0. The number of benzene rings is 1. The maximum atomic E-state index is 13.3. The third-order valence-corrected chi connectivity index (χ3v) is 5.19. The van der Waals surface area contributed by atoms with Gasteiger partial charge in [0.15, 0.2) is 0 Å². The largest absolute Gasteiger partial charge is 0.508 e. The molecule has 1 atom stereocenters. The Kier molecular flexibility index (Phi) is 7.42. The third kappa shape index (κ3) is 6.05. The van der Waals surface area contributed by atoms with Crippen LogP contribution in [-0.2, 0) is 16.0 Å². The number of aromatic hydroxyl groups is 1. The van der Waals surface area contributed by atoms with Gasteiger partial charge in [-0.3, -0.25) is 14.8 Å². The molecule has 0 radical (unpaired) electrons. The lowest BCUT2D eigenvalue weighted by molar-refractivity contribution is -0.145. The molecular formula is C27H24N4O4. The lowest BCUT2D eigenvalue weighted by Crippen LogP contribution is -2.43. The Labute approximate surface area is 202 Å². The first-order valence-corrected chi connectivity index (χ1v) is 11.1. The van der Waals surface area contributed by atoms with Crippen LogP contribution in [0.3, 0.4) is 0 Å². The molecule has 1 aromatic carbocycles. The van der Waals surface area contributed by atoms with Gasteiger partial charge in [-0.25, -0.2) is 9.78 Å². The molecule has 0 spiro atoms. The van der Waals surface area contributed by atoms with Crippen molar-refractivity contribution in [3.05, 3.63) is 96.3 Å². The molecule has 0 saturated carbocycles. The zero-order valence-electron chi connectivity index (χ0n) is 19.1. The van der Waals surface area contributed by atoms with Gasteiger partial charge in [-0.1, -0.05) is 24.3 Å². The molecule has 3 heterocycles. The van der Waals surface area contributed by atoms with Gasteiger partial charge in [-0.15, -0.1) is 0 Å². The summed E-state index contributed by atoms with van der Waals surface area (Å²) in [6.45, 7) is 1.89. The molecule has 0 aliphatic rings. The third-order valence-electron chi connectivity index (χ3n) is 5.19. The van der Waals surface area contributed by atoms with Gasteiger partial charge in [0.1, 0.15) is 11.8 Å². The van der Waals surface area contributed by atoms with Gasteiger partial charge in [-0.05, 0) is 61.0 Å². The Bertz CT molecular complexity index is 1240. The molecule has 8 nitrogen and oxygen atoms in total. The Morgan fingerprint density at radius 2 is 1.49 bits per heavy atom. The van der Waals surface area contributed by atoms with Crippen LogP contribution in [0.2, 0.25) is 0 Å². The number of hydrogen-bond donors (Lipinski definition) is 2. The summed E-state index contributed by atoms with van der Waals surface area (Å²) in [7, 11) is 0. The number of rotatable bonds is 8. The van der Waals surface area contributed by atoms with Crippen LogP contribution in [0.5, 0.6) is 5.75 Å². The standard InChI is InChI=1S/C27H24N4O4/c1-2-35-27(34)25(15-18-9-11-20(32)12-10-18)31-26(33)19-16-23(21-7-3-5-13-28-21)30-24(17-19)22-8-4-6-14-29-22/h3-14,16-17,25,32H,2,15H2,1H3,(H,31,33). The minimum atomic E-state index is -0.920. The second kappa shape index (κ2) is 11.0. The molecule has 0 aliphatic heterocycles. The predicted molar refractivity (Wildman–Crippen MR) is 130 cm³/mol. The normalized spacial score (nSPS) is 11.5. The molecule has 4 rings (SSSR count). The summed E-state index contributed by atoms with van der Waals surface area (Å²) in [5.41, 5.74) is 3.28. The van der Waals surface area contributed by atoms with Crippen molar-refractivity contribution >= 4 is 11.9 Å². The van der Waals surface area contributed by atoms with Crippen LogP contribution in [0.25, 0.3) is 22.8 Å². The highest BCUT2D eigenvalue weighted by atomic mass is 16.5. The number of phenols is 1. The summed E-state index contributed by atoms with van der Waals surface area (Å²) in [6, 6.07) is 19.7. The van der Waals surface area contributed by atoms with Crippen LogP contribution in [-0.4, -0.2) is 44.6 Å². The lowest BCUT2D eigenvalue weighted by atomic mass is 10.0. The van der Waals surface area contributed by atoms with Gasteiger partial charge in [-0.2, -0.15) is 0 Å². The Morgan fingerprint density at radius 1 is 0.886 bits per heavy atom. The van der Waals surface area contributed by atoms with E-state index in [0.717, 1.165) is 5.56 Å². The van der Waals surface area contributed by atoms with Gasteiger partial charge in [0.05, 0.1) is 29.4 Å². The van der Waals surface area contributed by atoms with E-state index >= 15 is 0 Å². The number of phenolic OH excluding ortho intramolecular Hbond substituents is 1. The summed E-state index contributed by atoms with van der Waals surface area (Å²) >= 11 is 0. The number of ether oxygens (including phenoxy) is 1. The van der Waals surface area contributed by atoms with Crippen LogP contribution in [0.15, 0.2) is 85.2 Å². The summed E-state index contributed by atoms with van der Waals surface area (Å²) in [6.07, 6.45) is 3.51. The van der Waals surface area contributed by atoms with Crippen LogP contribution < -0.4 is 5.32 Å². The smallest absolute Gasteiger partial charge is 0.328 e. The highest BCUT2D eigenvalue weighted by Gasteiger charge is 2.24. The molecule has 3 aromatic heterocycles. The molecule has 0 saturated heterocycles. The average Bonchev–Trinajstić information content (AvgIpc) is 2.90. The second-order valence-corrected chi connectivity index (χ2v) is 7.70. The zero-order chi connectivity index (χ0) is 24.6. The van der Waals surface area contributed by atoms with Crippen molar-refractivity contribution in [3.8, 4) is 28.5 Å². The number of hydrogen-bond acceptors (Lipinski definition) is 7. The van der Waals surface area contributed by atoms with Gasteiger partial charge < -0.3 is 15.2 Å². The van der Waals surface area contributed by atoms with Crippen molar-refractivity contribution < 1.29 is 19.4 Å². The van der Waals surface area contributed by atoms with Crippen LogP contribution in [0.1, 0.15) is 22.8 Å². The minimum Gasteiger partial charge on any atom is -0.508 e. The van der Waals surface area contributed by atoms with Crippen LogP contribution in [0.4, 0.5) is 0 Å². The van der Waals surface area contributed by atoms with E-state index in [-0.39, 0.29) is 18.8 Å². The summed E-state index contributed by atoms with van der Waals surface area (Å²) in [4.78, 5) is 39.3. The number of carbonyl (C=O) groups is 2. The quantitative estimate of drug-likeness (QED) is 0.378. The van der Waals surface area contributed by atoms with E-state index in [1.807, 2.05) is 12.1 Å². The number of amides is 1. The predicted octanol–water partition coefficient (Wildman–Crippen LogP) is 3.82. The maximum Gasteiger partial charge on any atom is 0.328 e. The van der Waals surface area contributed by atoms with Gasteiger partial charge in [0.25, 0.3) is 5.91 Å². The Morgan fingerprint density at radius 3 is 2.00 bits per heavy atom. The molecule has 4 aromatic rings. The van der Waals surface area contributed by atoms with Gasteiger partial charge in [0.2, 0.25) is 0 Å². The topological polar surface area (TPSA) is 114 Å². The number of nitrogens with zero attached hydrogens (tertiary/aromatic N) is 3. The molecule has 0 fully saturated rings. The first kappa shape index (κ1) is 23.6. The summed E-state index contributed by atoms with van der Waals surface area (Å²) in [5.74, 6) is -0.886. The monoisotopic (exact) mass is 468 g/mol. The van der Waals surface area contributed by atoms with Crippen LogP contribution in [0, 0.1) is 0 Å². The number of nitrogens with one attached hydrogen (secondary N) is 1. The molecule has 0 aliphatic carbocycles. The SMILES string of the molecule is CCOC(=O)C(Cc1ccc(O)cc1)NC(=O)c1cc(-c2ccccn2)nc(-c2ccccn2)c1. The fraction of sp³-hybridized carbons (Fsp3) is 0.148. The second-order valence-electron chi connectivity index (χ2n) is 7.70. The highest BCUT2D eigenvalue weighted by molar-refractivity contribution is 5.98. The van der Waals surface area contributed by atoms with Crippen molar-refractivity contribution in [2.75, 3.05) is 6.61 Å².